The van der Waals surface area contributed by atoms with Crippen LogP contribution in [0.3, 0.4) is 0 Å². The molecular formula is C4H10N-. The molecule has 0 aliphatic heterocycles. The van der Waals surface area contributed by atoms with Gasteiger partial charge in [0.15, 0.2) is 0 Å². The van der Waals surface area contributed by atoms with Crippen LogP contribution in [-0.4, -0.2) is 18.6 Å². The van der Waals surface area contributed by atoms with E-state index in [1.54, 1.807) is 0 Å². The van der Waals surface area contributed by atoms with E-state index in [0.29, 0.717) is 4.48 Å². The summed E-state index contributed by atoms with van der Waals surface area (Å²) in [6.45, 7) is 0. The third-order valence-corrected chi connectivity index (χ3v) is 0. The molecule has 0 rings (SSSR count). The standard InChI is InChI=1S/C4H10N/c1-5(2,3)4/h1-2H2,3-4H3/q-1. The van der Waals surface area contributed by atoms with Crippen molar-refractivity contribution in [3.63, 3.8) is 0 Å². The second-order valence-corrected chi connectivity index (χ2v) is 1.94. The second-order valence-electron chi connectivity index (χ2n) is 1.94. The number of quaternary nitrogens is 1. The van der Waals surface area contributed by atoms with E-state index in [2.05, 4.69) is 14.1 Å². The van der Waals surface area contributed by atoms with Gasteiger partial charge in [0.1, 0.15) is 0 Å². The second kappa shape index (κ2) is 0.977. The summed E-state index contributed by atoms with van der Waals surface area (Å²) in [7, 11) is 11.0. The summed E-state index contributed by atoms with van der Waals surface area (Å²) in [5.74, 6) is 0. The lowest BCUT2D eigenvalue weighted by Crippen LogP contribution is -2.21. The minimum atomic E-state index is 0.500. The van der Waals surface area contributed by atoms with Gasteiger partial charge in [0.2, 0.25) is 0 Å². The molecule has 0 bridgehead atoms. The molecule has 0 heterocycles. The minimum absolute atomic E-state index is 0.500. The molecule has 0 saturated carbocycles. The van der Waals surface area contributed by atoms with Gasteiger partial charge in [0.25, 0.3) is 0 Å². The molecule has 0 aromatic heterocycles. The molecule has 0 spiro atoms. The van der Waals surface area contributed by atoms with Crippen LogP contribution in [0.2, 0.25) is 0 Å². The first kappa shape index (κ1) is 4.96. The Bertz CT molecular complexity index is 19.1. The molecule has 0 aromatic carbocycles. The van der Waals surface area contributed by atoms with Crippen LogP contribution in [0.15, 0.2) is 0 Å². The highest BCUT2D eigenvalue weighted by atomic mass is 15.2. The Morgan fingerprint density at radius 1 is 1.20 bits per heavy atom. The Morgan fingerprint density at radius 2 is 1.20 bits per heavy atom. The average molecular weight is 72.1 g/mol. The number of nitrogens with zero attached hydrogens (tertiary/aromatic N) is 1. The third kappa shape index (κ3) is 9510. The Labute approximate surface area is 33.8 Å². The van der Waals surface area contributed by atoms with E-state index in [1.165, 1.54) is 0 Å². The van der Waals surface area contributed by atoms with E-state index >= 15 is 0 Å². The van der Waals surface area contributed by atoms with Crippen LogP contribution in [0.4, 0.5) is 0 Å². The quantitative estimate of drug-likeness (QED) is 0.291. The highest BCUT2D eigenvalue weighted by molar-refractivity contribution is 4.10. The molecular weight excluding hydrogens is 62.1 g/mol. The number of hydrogen-bond donors (Lipinski definition) is 0. The first-order valence-corrected chi connectivity index (χ1v) is 1.53. The van der Waals surface area contributed by atoms with Crippen molar-refractivity contribution in [2.75, 3.05) is 14.1 Å². The van der Waals surface area contributed by atoms with Crippen molar-refractivity contribution in [1.29, 1.82) is 0 Å². The lowest BCUT2D eigenvalue weighted by atomic mass is 10.8. The molecule has 5 heavy (non-hydrogen) atoms. The van der Waals surface area contributed by atoms with Gasteiger partial charge in [-0.2, -0.15) is 14.1 Å². The Balaban J connectivity index is 3.02. The van der Waals surface area contributed by atoms with Gasteiger partial charge in [-0.05, 0) is 0 Å². The van der Waals surface area contributed by atoms with Crippen molar-refractivity contribution in [3.8, 4) is 0 Å². The molecule has 1 nitrogen and oxygen atoms in total. The van der Waals surface area contributed by atoms with Gasteiger partial charge in [-0.15, -0.1) is 0 Å². The lowest BCUT2D eigenvalue weighted by molar-refractivity contribution is -0.797. The van der Waals surface area contributed by atoms with Gasteiger partial charge in [0.05, 0.1) is 0 Å². The molecule has 0 unspecified atom stereocenters. The fraction of sp³-hybridized carbons (Fsp3) is 0.500. The molecule has 0 N–H and O–H groups in total. The predicted molar refractivity (Wildman–Crippen MR) is 22.8 cm³/mol. The van der Waals surface area contributed by atoms with Crippen LogP contribution in [0.5, 0.6) is 0 Å². The predicted octanol–water partition coefficient (Wildman–Crippen LogP) is 0.646. The summed E-state index contributed by atoms with van der Waals surface area (Å²) in [5.41, 5.74) is 0. The van der Waals surface area contributed by atoms with Crippen LogP contribution in [-0.2, 0) is 0 Å². The normalized spacial score (nSPS) is 12.0. The molecule has 0 saturated heterocycles. The maximum atomic E-state index is 3.60. The lowest BCUT2D eigenvalue weighted by Gasteiger charge is -2.36. The number of rotatable bonds is 0. The van der Waals surface area contributed by atoms with Crippen molar-refractivity contribution in [2.45, 2.75) is 0 Å². The summed E-state index contributed by atoms with van der Waals surface area (Å²) in [6.07, 6.45) is 0. The van der Waals surface area contributed by atoms with E-state index in [-0.39, 0.29) is 0 Å². The van der Waals surface area contributed by atoms with Crippen LogP contribution in [0.1, 0.15) is 0 Å². The Morgan fingerprint density at radius 3 is 1.20 bits per heavy atom. The zero-order valence-corrected chi connectivity index (χ0v) is 3.86. The van der Waals surface area contributed by atoms with Crippen molar-refractivity contribution in [1.82, 2.24) is 0 Å². The van der Waals surface area contributed by atoms with E-state index in [9.17, 15) is 0 Å². The van der Waals surface area contributed by atoms with Gasteiger partial charge >= 0.3 is 0 Å². The largest absolute Gasteiger partial charge is 0.600 e. The smallest absolute Gasteiger partial charge is 0.0202 e. The van der Waals surface area contributed by atoms with Crippen molar-refractivity contribution in [2.24, 2.45) is 0 Å². The highest BCUT2D eigenvalue weighted by Crippen LogP contribution is 1.81. The van der Waals surface area contributed by atoms with Gasteiger partial charge in [0, 0.05) is 14.1 Å². The maximum Gasteiger partial charge on any atom is 0.0202 e. The van der Waals surface area contributed by atoms with Gasteiger partial charge in [-0.25, -0.2) is 0 Å². The monoisotopic (exact) mass is 72.1 g/mol. The highest BCUT2D eigenvalue weighted by Gasteiger charge is 1.68. The third-order valence-electron chi connectivity index (χ3n) is 0. The zero-order chi connectivity index (χ0) is 4.50. The van der Waals surface area contributed by atoms with E-state index in [0.717, 1.165) is 0 Å². The molecule has 0 atom stereocenters. The van der Waals surface area contributed by atoms with E-state index in [1.807, 2.05) is 14.1 Å². The first-order chi connectivity index (χ1) is 2.00. The summed E-state index contributed by atoms with van der Waals surface area (Å²) in [6, 6.07) is 0. The zero-order valence-electron chi connectivity index (χ0n) is 3.86. The van der Waals surface area contributed by atoms with Gasteiger partial charge < -0.3 is 4.48 Å². The van der Waals surface area contributed by atoms with Crippen molar-refractivity contribution >= 4 is 0 Å². The molecule has 0 aliphatic rings. The molecule has 0 aromatic rings. The SMILES string of the molecule is [CH2-][N+]([CH2-])(C)C. The topological polar surface area (TPSA) is 0 Å². The first-order valence-electron chi connectivity index (χ1n) is 1.53. The Hall–Kier alpha value is -0.0400. The fourth-order valence-corrected chi connectivity index (χ4v) is 0. The van der Waals surface area contributed by atoms with Crippen molar-refractivity contribution in [3.05, 3.63) is 14.1 Å². The Kier molecular flexibility index (Phi) is 0.969. The summed E-state index contributed by atoms with van der Waals surface area (Å²) in [4.78, 5) is 0. The molecule has 0 fully saturated rings. The molecule has 0 radical (unpaired) electrons. The van der Waals surface area contributed by atoms with Crippen LogP contribution >= 0.6 is 0 Å². The molecule has 0 amide bonds. The van der Waals surface area contributed by atoms with Gasteiger partial charge in [-0.1, -0.05) is 0 Å². The summed E-state index contributed by atoms with van der Waals surface area (Å²) >= 11 is 0. The summed E-state index contributed by atoms with van der Waals surface area (Å²) < 4.78 is 0.500. The average Bonchev–Trinajstić information content (AvgIpc) is 0.722. The molecule has 32 valence electrons. The summed E-state index contributed by atoms with van der Waals surface area (Å²) in [5, 5.41) is 0. The van der Waals surface area contributed by atoms with Crippen LogP contribution in [0, 0.1) is 14.1 Å². The fourth-order valence-electron chi connectivity index (χ4n) is 0. The number of hydrogen-bond acceptors (Lipinski definition) is 0. The van der Waals surface area contributed by atoms with Crippen molar-refractivity contribution < 1.29 is 4.48 Å². The minimum Gasteiger partial charge on any atom is -0.600 e. The molecule has 1 heteroatoms. The van der Waals surface area contributed by atoms with E-state index < -0.39 is 0 Å². The maximum absolute atomic E-state index is 3.60. The van der Waals surface area contributed by atoms with E-state index in [4.69, 9.17) is 0 Å². The van der Waals surface area contributed by atoms with Crippen LogP contribution < -0.4 is 0 Å². The van der Waals surface area contributed by atoms with Crippen LogP contribution in [0.25, 0.3) is 0 Å². The van der Waals surface area contributed by atoms with Gasteiger partial charge in [-0.3, -0.25) is 0 Å². The molecule has 0 aliphatic carbocycles.